The first-order chi connectivity index (χ1) is 9.88. The molecule has 21 heavy (non-hydrogen) atoms. The third-order valence-electron chi connectivity index (χ3n) is 2.96. The number of halogens is 3. The molecule has 0 bridgehead atoms. The van der Waals surface area contributed by atoms with Crippen LogP contribution in [0.2, 0.25) is 0 Å². The average molecular weight is 297 g/mol. The molecule has 0 fully saturated rings. The van der Waals surface area contributed by atoms with Gasteiger partial charge < -0.3 is 5.32 Å². The summed E-state index contributed by atoms with van der Waals surface area (Å²) in [5, 5.41) is 7.42. The zero-order valence-electron chi connectivity index (χ0n) is 12.0. The van der Waals surface area contributed by atoms with E-state index in [-0.39, 0.29) is 5.69 Å². The van der Waals surface area contributed by atoms with Gasteiger partial charge in [0.15, 0.2) is 0 Å². The third-order valence-corrected chi connectivity index (χ3v) is 2.96. The fourth-order valence-corrected chi connectivity index (χ4v) is 1.99. The molecule has 0 saturated heterocycles. The molecule has 3 nitrogen and oxygen atoms in total. The van der Waals surface area contributed by atoms with E-state index in [1.807, 2.05) is 0 Å². The molecular formula is C15H18F3N3. The Kier molecular flexibility index (Phi) is 4.67. The number of hydrogen-bond donors (Lipinski definition) is 1. The zero-order valence-corrected chi connectivity index (χ0v) is 12.0. The van der Waals surface area contributed by atoms with Crippen LogP contribution in [-0.4, -0.2) is 16.3 Å². The maximum Gasteiger partial charge on any atom is 0.418 e. The number of rotatable bonds is 5. The molecule has 114 valence electrons. The second-order valence-electron chi connectivity index (χ2n) is 5.29. The maximum absolute atomic E-state index is 13.0. The molecule has 1 N–H and O–H groups in total. The molecule has 0 spiro atoms. The highest BCUT2D eigenvalue weighted by Gasteiger charge is 2.33. The molecule has 1 aromatic carbocycles. The van der Waals surface area contributed by atoms with E-state index in [1.165, 1.54) is 16.8 Å². The quantitative estimate of drug-likeness (QED) is 0.913. The minimum absolute atomic E-state index is 0.0418. The lowest BCUT2D eigenvalue weighted by Gasteiger charge is -2.12. The number of hydrogen-bond acceptors (Lipinski definition) is 2. The van der Waals surface area contributed by atoms with Crippen LogP contribution in [0, 0.1) is 5.92 Å². The molecule has 0 radical (unpaired) electrons. The van der Waals surface area contributed by atoms with Gasteiger partial charge in [-0.05, 0) is 30.7 Å². The Morgan fingerprint density at radius 1 is 1.19 bits per heavy atom. The summed E-state index contributed by atoms with van der Waals surface area (Å²) in [7, 11) is 0. The summed E-state index contributed by atoms with van der Waals surface area (Å²) >= 11 is 0. The summed E-state index contributed by atoms with van der Waals surface area (Å²) < 4.78 is 40.2. The smallest absolute Gasteiger partial charge is 0.311 e. The first kappa shape index (κ1) is 15.6. The van der Waals surface area contributed by atoms with Crippen molar-refractivity contribution in [3.05, 3.63) is 47.8 Å². The molecule has 0 saturated carbocycles. The largest absolute Gasteiger partial charge is 0.418 e. The van der Waals surface area contributed by atoms with Crippen molar-refractivity contribution in [2.24, 2.45) is 5.92 Å². The standard InChI is InChI=1S/C15H18F3N3/c1-11(2)9-19-10-12-7-8-21(20-12)14-6-4-3-5-13(14)15(16,17)18/h3-8,11,19H,9-10H2,1-2H3. The molecule has 0 aliphatic carbocycles. The van der Waals surface area contributed by atoms with Crippen LogP contribution in [0.4, 0.5) is 13.2 Å². The second kappa shape index (κ2) is 6.30. The van der Waals surface area contributed by atoms with Crippen molar-refractivity contribution in [3.63, 3.8) is 0 Å². The molecular weight excluding hydrogens is 279 g/mol. The lowest BCUT2D eigenvalue weighted by Crippen LogP contribution is -2.19. The number of para-hydroxylation sites is 1. The minimum Gasteiger partial charge on any atom is -0.311 e. The van der Waals surface area contributed by atoms with Gasteiger partial charge in [0.1, 0.15) is 0 Å². The average Bonchev–Trinajstić information content (AvgIpc) is 2.86. The summed E-state index contributed by atoms with van der Waals surface area (Å²) in [4.78, 5) is 0. The van der Waals surface area contributed by atoms with E-state index in [1.54, 1.807) is 18.3 Å². The molecule has 0 aliphatic heterocycles. The van der Waals surface area contributed by atoms with Crippen molar-refractivity contribution in [2.45, 2.75) is 26.6 Å². The summed E-state index contributed by atoms with van der Waals surface area (Å²) in [6.45, 7) is 5.56. The molecule has 0 unspecified atom stereocenters. The van der Waals surface area contributed by atoms with Gasteiger partial charge in [-0.1, -0.05) is 26.0 Å². The highest BCUT2D eigenvalue weighted by Crippen LogP contribution is 2.33. The van der Waals surface area contributed by atoms with Gasteiger partial charge in [-0.2, -0.15) is 18.3 Å². The highest BCUT2D eigenvalue weighted by atomic mass is 19.4. The predicted octanol–water partition coefficient (Wildman–Crippen LogP) is 3.64. The van der Waals surface area contributed by atoms with E-state index in [4.69, 9.17) is 0 Å². The lowest BCUT2D eigenvalue weighted by atomic mass is 10.2. The summed E-state index contributed by atoms with van der Waals surface area (Å²) in [6, 6.07) is 7.15. The predicted molar refractivity (Wildman–Crippen MR) is 75.1 cm³/mol. The van der Waals surface area contributed by atoms with Gasteiger partial charge in [0, 0.05) is 12.7 Å². The van der Waals surface area contributed by atoms with E-state index in [2.05, 4.69) is 24.3 Å². The van der Waals surface area contributed by atoms with E-state index in [0.29, 0.717) is 18.2 Å². The fraction of sp³-hybridized carbons (Fsp3) is 0.400. The molecule has 0 amide bonds. The first-order valence-electron chi connectivity index (χ1n) is 6.80. The normalized spacial score (nSPS) is 12.1. The van der Waals surface area contributed by atoms with Crippen molar-refractivity contribution in [3.8, 4) is 5.69 Å². The first-order valence-corrected chi connectivity index (χ1v) is 6.80. The van der Waals surface area contributed by atoms with Gasteiger partial charge in [0.25, 0.3) is 0 Å². The number of nitrogens with zero attached hydrogens (tertiary/aromatic N) is 2. The SMILES string of the molecule is CC(C)CNCc1ccn(-c2ccccc2C(F)(F)F)n1. The van der Waals surface area contributed by atoms with E-state index < -0.39 is 11.7 Å². The molecule has 1 heterocycles. The van der Waals surface area contributed by atoms with Crippen LogP contribution in [0.15, 0.2) is 36.5 Å². The molecule has 2 aromatic rings. The number of alkyl halides is 3. The van der Waals surface area contributed by atoms with E-state index in [9.17, 15) is 13.2 Å². The van der Waals surface area contributed by atoms with E-state index >= 15 is 0 Å². The van der Waals surface area contributed by atoms with Crippen molar-refractivity contribution in [1.29, 1.82) is 0 Å². The van der Waals surface area contributed by atoms with Gasteiger partial charge in [0.05, 0.1) is 16.9 Å². The van der Waals surface area contributed by atoms with Crippen molar-refractivity contribution >= 4 is 0 Å². The van der Waals surface area contributed by atoms with Crippen LogP contribution >= 0.6 is 0 Å². The monoisotopic (exact) mass is 297 g/mol. The Bertz CT molecular complexity index is 588. The number of aromatic nitrogens is 2. The maximum atomic E-state index is 13.0. The van der Waals surface area contributed by atoms with Crippen molar-refractivity contribution in [2.75, 3.05) is 6.54 Å². The summed E-state index contributed by atoms with van der Waals surface area (Å²) in [5.41, 5.74) is 0.0718. The van der Waals surface area contributed by atoms with Crippen LogP contribution in [0.1, 0.15) is 25.1 Å². The van der Waals surface area contributed by atoms with Gasteiger partial charge >= 0.3 is 6.18 Å². The molecule has 1 aromatic heterocycles. The third kappa shape index (κ3) is 4.07. The zero-order chi connectivity index (χ0) is 15.5. The topological polar surface area (TPSA) is 29.9 Å². The molecule has 6 heteroatoms. The van der Waals surface area contributed by atoms with Crippen LogP contribution in [0.25, 0.3) is 5.69 Å². The van der Waals surface area contributed by atoms with Crippen LogP contribution < -0.4 is 5.32 Å². The molecule has 0 aliphatic rings. The Morgan fingerprint density at radius 2 is 1.90 bits per heavy atom. The van der Waals surface area contributed by atoms with Crippen LogP contribution in [-0.2, 0) is 12.7 Å². The lowest BCUT2D eigenvalue weighted by molar-refractivity contribution is -0.137. The van der Waals surface area contributed by atoms with Gasteiger partial charge in [0.2, 0.25) is 0 Å². The van der Waals surface area contributed by atoms with Gasteiger partial charge in [-0.25, -0.2) is 4.68 Å². The minimum atomic E-state index is -4.39. The summed E-state index contributed by atoms with van der Waals surface area (Å²) in [5.74, 6) is 0.512. The Balaban J connectivity index is 2.18. The molecule has 2 rings (SSSR count). The van der Waals surface area contributed by atoms with Gasteiger partial charge in [-0.15, -0.1) is 0 Å². The van der Waals surface area contributed by atoms with Crippen LogP contribution in [0.3, 0.4) is 0 Å². The Labute approximate surface area is 121 Å². The number of nitrogens with one attached hydrogen (secondary N) is 1. The Hall–Kier alpha value is -1.82. The fourth-order valence-electron chi connectivity index (χ4n) is 1.99. The molecule has 0 atom stereocenters. The summed E-state index contributed by atoms with van der Waals surface area (Å²) in [6.07, 6.45) is -2.84. The second-order valence-corrected chi connectivity index (χ2v) is 5.29. The Morgan fingerprint density at radius 3 is 2.57 bits per heavy atom. The highest BCUT2D eigenvalue weighted by molar-refractivity contribution is 5.42. The van der Waals surface area contributed by atoms with E-state index in [0.717, 1.165) is 12.6 Å². The van der Waals surface area contributed by atoms with Crippen molar-refractivity contribution in [1.82, 2.24) is 15.1 Å². The van der Waals surface area contributed by atoms with Crippen LogP contribution in [0.5, 0.6) is 0 Å². The van der Waals surface area contributed by atoms with Gasteiger partial charge in [-0.3, -0.25) is 0 Å². The number of benzene rings is 1. The van der Waals surface area contributed by atoms with Crippen molar-refractivity contribution < 1.29 is 13.2 Å².